The number of hydrogen-bond donors (Lipinski definition) is 2. The van der Waals surface area contributed by atoms with Crippen molar-refractivity contribution in [2.24, 2.45) is 7.05 Å². The van der Waals surface area contributed by atoms with Gasteiger partial charge in [-0.15, -0.1) is 12.4 Å². The van der Waals surface area contributed by atoms with Crippen LogP contribution in [0.4, 0.5) is 0 Å². The lowest BCUT2D eigenvalue weighted by Gasteiger charge is -2.34. The summed E-state index contributed by atoms with van der Waals surface area (Å²) in [6.45, 7) is 2.24. The monoisotopic (exact) mass is 433 g/mol. The molecule has 160 valence electrons. The van der Waals surface area contributed by atoms with Crippen LogP contribution >= 0.6 is 12.4 Å². The van der Waals surface area contributed by atoms with Crippen molar-refractivity contribution in [2.45, 2.75) is 37.8 Å². The van der Waals surface area contributed by atoms with E-state index in [-0.39, 0.29) is 42.4 Å². The molecule has 0 spiro atoms. The molecular formula is C20H24ClN5O4. The van der Waals surface area contributed by atoms with E-state index in [0.717, 1.165) is 25.1 Å². The van der Waals surface area contributed by atoms with Gasteiger partial charge in [0.2, 0.25) is 11.8 Å². The number of imide groups is 1. The van der Waals surface area contributed by atoms with E-state index in [1.54, 1.807) is 19.2 Å². The Labute approximate surface area is 178 Å². The van der Waals surface area contributed by atoms with Gasteiger partial charge in [-0.3, -0.25) is 28.8 Å². The number of rotatable bonds is 1. The number of carbonyl (C=O) groups excluding carboxylic acids is 3. The molecule has 2 atom stereocenters. The number of halogens is 1. The number of aryl methyl sites for hydroxylation is 2. The summed E-state index contributed by atoms with van der Waals surface area (Å²) >= 11 is 0. The number of hydrogen-bond acceptors (Lipinski definition) is 5. The summed E-state index contributed by atoms with van der Waals surface area (Å²) < 4.78 is 3.01. The molecule has 0 aliphatic carbocycles. The zero-order chi connectivity index (χ0) is 20.3. The molecule has 2 fully saturated rings. The molecule has 0 saturated carbocycles. The fourth-order valence-corrected chi connectivity index (χ4v) is 4.99. The van der Waals surface area contributed by atoms with Crippen molar-refractivity contribution in [1.82, 2.24) is 24.7 Å². The van der Waals surface area contributed by atoms with Gasteiger partial charge in [-0.2, -0.15) is 0 Å². The van der Waals surface area contributed by atoms with Crippen LogP contribution in [0.3, 0.4) is 0 Å². The van der Waals surface area contributed by atoms with Gasteiger partial charge in [-0.05, 0) is 37.0 Å². The van der Waals surface area contributed by atoms with E-state index in [2.05, 4.69) is 10.6 Å². The Balaban J connectivity index is 0.00000218. The Morgan fingerprint density at radius 3 is 2.63 bits per heavy atom. The quantitative estimate of drug-likeness (QED) is 0.620. The van der Waals surface area contributed by atoms with E-state index in [0.29, 0.717) is 36.0 Å². The largest absolute Gasteiger partial charge is 0.333 e. The third kappa shape index (κ3) is 2.95. The van der Waals surface area contributed by atoms with Crippen molar-refractivity contribution in [3.05, 3.63) is 33.7 Å². The molecule has 9 nitrogen and oxygen atoms in total. The molecule has 30 heavy (non-hydrogen) atoms. The number of benzene rings is 1. The summed E-state index contributed by atoms with van der Waals surface area (Å²) in [6.07, 6.45) is 2.00. The number of imidazole rings is 1. The maximum atomic E-state index is 13.2. The minimum Gasteiger partial charge on any atom is -0.333 e. The average Bonchev–Trinajstić information content (AvgIpc) is 2.87. The number of fused-ring (bicyclic) bond motifs is 4. The van der Waals surface area contributed by atoms with Crippen LogP contribution in [0.1, 0.15) is 41.2 Å². The first-order valence-corrected chi connectivity index (χ1v) is 10.1. The van der Waals surface area contributed by atoms with Crippen molar-refractivity contribution >= 4 is 41.2 Å². The fourth-order valence-electron chi connectivity index (χ4n) is 4.99. The third-order valence-electron chi connectivity index (χ3n) is 6.44. The highest BCUT2D eigenvalue weighted by atomic mass is 35.5. The van der Waals surface area contributed by atoms with Crippen LogP contribution < -0.4 is 16.3 Å². The lowest BCUT2D eigenvalue weighted by atomic mass is 10.00. The second-order valence-electron chi connectivity index (χ2n) is 8.03. The summed E-state index contributed by atoms with van der Waals surface area (Å²) in [6, 6.07) is 2.97. The summed E-state index contributed by atoms with van der Waals surface area (Å²) in [5.41, 5.74) is 2.54. The maximum Gasteiger partial charge on any atom is 0.329 e. The molecule has 1 aromatic heterocycles. The molecule has 10 heteroatoms. The predicted octanol–water partition coefficient (Wildman–Crippen LogP) is 0.0997. The number of amides is 3. The van der Waals surface area contributed by atoms with Crippen LogP contribution in [-0.4, -0.2) is 57.4 Å². The van der Waals surface area contributed by atoms with E-state index in [4.69, 9.17) is 0 Å². The summed E-state index contributed by atoms with van der Waals surface area (Å²) in [4.78, 5) is 52.1. The number of piperazine rings is 1. The normalized spacial score (nSPS) is 24.0. The van der Waals surface area contributed by atoms with Crippen LogP contribution in [0, 0.1) is 0 Å². The van der Waals surface area contributed by atoms with Crippen LogP contribution in [0.25, 0.3) is 11.0 Å². The van der Waals surface area contributed by atoms with Gasteiger partial charge >= 0.3 is 5.69 Å². The van der Waals surface area contributed by atoms with Crippen molar-refractivity contribution in [1.29, 1.82) is 0 Å². The molecule has 3 aliphatic heterocycles. The first-order valence-electron chi connectivity index (χ1n) is 10.1. The van der Waals surface area contributed by atoms with Gasteiger partial charge in [0.15, 0.2) is 0 Å². The van der Waals surface area contributed by atoms with E-state index in [9.17, 15) is 19.2 Å². The lowest BCUT2D eigenvalue weighted by Crippen LogP contribution is -2.52. The Hall–Kier alpha value is -2.65. The zero-order valence-corrected chi connectivity index (χ0v) is 17.5. The first-order chi connectivity index (χ1) is 14.0. The standard InChI is InChI=1S/C20H23N5O4.ClH/c1-23-17-12-3-2-11-10-21-8-9-24(11)19(28)13(12)4-5-14(17)25(20(23)29)15-6-7-16(26)22-18(15)27;/h4-5,11,15,21H,2-3,6-10H2,1H3,(H,22,26,27);1H/t11-,15?;/m1./s1. The molecule has 2 aromatic rings. The third-order valence-corrected chi connectivity index (χ3v) is 6.44. The average molecular weight is 434 g/mol. The van der Waals surface area contributed by atoms with Crippen LogP contribution in [0.15, 0.2) is 16.9 Å². The Morgan fingerprint density at radius 2 is 1.87 bits per heavy atom. The topological polar surface area (TPSA) is 105 Å². The van der Waals surface area contributed by atoms with E-state index in [1.165, 1.54) is 9.13 Å². The number of aromatic nitrogens is 2. The summed E-state index contributed by atoms with van der Waals surface area (Å²) in [7, 11) is 1.68. The molecule has 4 heterocycles. The van der Waals surface area contributed by atoms with Gasteiger partial charge in [0.25, 0.3) is 5.91 Å². The first kappa shape index (κ1) is 20.6. The minimum atomic E-state index is -0.723. The SMILES string of the molecule is Cl.Cn1c(=O)n(C2CCC(=O)NC2=O)c2ccc3c(c21)CC[C@@H]1CNCCN1C3=O. The van der Waals surface area contributed by atoms with Crippen LogP contribution in [0.2, 0.25) is 0 Å². The van der Waals surface area contributed by atoms with Crippen LogP contribution in [-0.2, 0) is 23.1 Å². The number of nitrogens with one attached hydrogen (secondary N) is 2. The maximum absolute atomic E-state index is 13.2. The zero-order valence-electron chi connectivity index (χ0n) is 16.6. The van der Waals surface area contributed by atoms with Crippen molar-refractivity contribution < 1.29 is 14.4 Å². The number of piperidine rings is 1. The highest BCUT2D eigenvalue weighted by Crippen LogP contribution is 2.31. The second kappa shape index (κ2) is 7.55. The van der Waals surface area contributed by atoms with E-state index in [1.807, 2.05) is 4.90 Å². The van der Waals surface area contributed by atoms with Crippen molar-refractivity contribution in [3.63, 3.8) is 0 Å². The van der Waals surface area contributed by atoms with Gasteiger partial charge in [-0.1, -0.05) is 0 Å². The molecule has 2 N–H and O–H groups in total. The Morgan fingerprint density at radius 1 is 1.07 bits per heavy atom. The smallest absolute Gasteiger partial charge is 0.329 e. The molecule has 2 saturated heterocycles. The fraction of sp³-hybridized carbons (Fsp3) is 0.500. The van der Waals surface area contributed by atoms with Gasteiger partial charge in [0.1, 0.15) is 6.04 Å². The predicted molar refractivity (Wildman–Crippen MR) is 112 cm³/mol. The molecule has 3 amide bonds. The highest BCUT2D eigenvalue weighted by molar-refractivity contribution is 6.02. The number of carbonyl (C=O) groups is 3. The van der Waals surface area contributed by atoms with Gasteiger partial charge in [-0.25, -0.2) is 4.79 Å². The molecule has 0 bridgehead atoms. The van der Waals surface area contributed by atoms with Crippen LogP contribution in [0.5, 0.6) is 0 Å². The molecule has 5 rings (SSSR count). The summed E-state index contributed by atoms with van der Waals surface area (Å²) in [5.74, 6) is -0.763. The van der Waals surface area contributed by atoms with E-state index < -0.39 is 11.9 Å². The highest BCUT2D eigenvalue weighted by Gasteiger charge is 2.35. The van der Waals surface area contributed by atoms with Gasteiger partial charge < -0.3 is 10.2 Å². The summed E-state index contributed by atoms with van der Waals surface area (Å²) in [5, 5.41) is 5.67. The molecule has 0 radical (unpaired) electrons. The number of nitrogens with zero attached hydrogens (tertiary/aromatic N) is 3. The minimum absolute atomic E-state index is 0. The lowest BCUT2D eigenvalue weighted by molar-refractivity contribution is -0.135. The van der Waals surface area contributed by atoms with E-state index >= 15 is 0 Å². The van der Waals surface area contributed by atoms with Crippen molar-refractivity contribution in [3.8, 4) is 0 Å². The molecule has 1 unspecified atom stereocenters. The Bertz CT molecular complexity index is 1120. The molecule has 1 aromatic carbocycles. The second-order valence-corrected chi connectivity index (χ2v) is 8.03. The van der Waals surface area contributed by atoms with Gasteiger partial charge in [0.05, 0.1) is 11.0 Å². The molecular weight excluding hydrogens is 410 g/mol. The van der Waals surface area contributed by atoms with Crippen molar-refractivity contribution in [2.75, 3.05) is 19.6 Å². The molecule has 3 aliphatic rings. The van der Waals surface area contributed by atoms with Gasteiger partial charge in [0, 0.05) is 44.7 Å². The Kier molecular flexibility index (Phi) is 5.19.